The van der Waals surface area contributed by atoms with Gasteiger partial charge in [-0.3, -0.25) is 0 Å². The Balaban J connectivity index is 2.12. The molecule has 5 nitrogen and oxygen atoms in total. The predicted molar refractivity (Wildman–Crippen MR) is 64.9 cm³/mol. The van der Waals surface area contributed by atoms with Crippen molar-refractivity contribution in [3.63, 3.8) is 0 Å². The number of nitrogen functional groups attached to an aromatic ring is 1. The van der Waals surface area contributed by atoms with E-state index in [-0.39, 0.29) is 18.2 Å². The number of rotatable bonds is 4. The molecule has 1 saturated heterocycles. The van der Waals surface area contributed by atoms with Gasteiger partial charge in [-0.1, -0.05) is 0 Å². The van der Waals surface area contributed by atoms with Crippen LogP contribution in [0.1, 0.15) is 6.42 Å². The van der Waals surface area contributed by atoms with Crippen molar-refractivity contribution in [1.82, 2.24) is 4.72 Å². The van der Waals surface area contributed by atoms with Gasteiger partial charge in [0.25, 0.3) is 0 Å². The molecule has 0 radical (unpaired) electrons. The van der Waals surface area contributed by atoms with Gasteiger partial charge in [0.15, 0.2) is 0 Å². The molecule has 1 heterocycles. The van der Waals surface area contributed by atoms with Crippen LogP contribution in [0, 0.1) is 11.7 Å². The summed E-state index contributed by atoms with van der Waals surface area (Å²) < 4.78 is 44.8. The van der Waals surface area contributed by atoms with Crippen LogP contribution in [-0.4, -0.2) is 28.2 Å². The van der Waals surface area contributed by atoms with Gasteiger partial charge in [0.1, 0.15) is 10.7 Å². The number of hydrogen-bond donors (Lipinski definition) is 2. The molecule has 1 aliphatic heterocycles. The van der Waals surface area contributed by atoms with Gasteiger partial charge in [0.2, 0.25) is 10.0 Å². The van der Waals surface area contributed by atoms with E-state index in [1.165, 1.54) is 6.07 Å². The van der Waals surface area contributed by atoms with E-state index in [0.717, 1.165) is 18.6 Å². The topological polar surface area (TPSA) is 81.4 Å². The Morgan fingerprint density at radius 2 is 2.28 bits per heavy atom. The second kappa shape index (κ2) is 5.21. The van der Waals surface area contributed by atoms with Crippen LogP contribution in [0.4, 0.5) is 10.1 Å². The molecule has 18 heavy (non-hydrogen) atoms. The first-order chi connectivity index (χ1) is 8.49. The van der Waals surface area contributed by atoms with Gasteiger partial charge in [-0.15, -0.1) is 0 Å². The molecule has 1 aromatic rings. The standard InChI is InChI=1S/C11H15FN2O3S/c12-10-2-1-9(13)5-11(10)18(15,16)14-6-8-3-4-17-7-8/h1-2,5,8,14H,3-4,6-7,13H2. The third-order valence-electron chi connectivity index (χ3n) is 2.83. The molecule has 0 saturated carbocycles. The predicted octanol–water partition coefficient (Wildman–Crippen LogP) is 0.723. The lowest BCUT2D eigenvalue weighted by Gasteiger charge is -2.11. The molecular formula is C11H15FN2O3S. The molecule has 0 amide bonds. The Morgan fingerprint density at radius 1 is 1.50 bits per heavy atom. The first-order valence-electron chi connectivity index (χ1n) is 5.61. The van der Waals surface area contributed by atoms with E-state index in [1.54, 1.807) is 0 Å². The summed E-state index contributed by atoms with van der Waals surface area (Å²) in [5.74, 6) is -0.664. The fourth-order valence-electron chi connectivity index (χ4n) is 1.78. The summed E-state index contributed by atoms with van der Waals surface area (Å²) in [4.78, 5) is -0.415. The third kappa shape index (κ3) is 2.98. The molecule has 3 N–H and O–H groups in total. The van der Waals surface area contributed by atoms with Crippen LogP contribution in [0.15, 0.2) is 23.1 Å². The molecule has 0 aliphatic carbocycles. The number of benzene rings is 1. The van der Waals surface area contributed by atoms with Crippen molar-refractivity contribution in [2.24, 2.45) is 5.92 Å². The maximum Gasteiger partial charge on any atom is 0.243 e. The first-order valence-corrected chi connectivity index (χ1v) is 7.10. The SMILES string of the molecule is Nc1ccc(F)c(S(=O)(=O)NCC2CCOC2)c1. The molecule has 1 unspecified atom stereocenters. The lowest BCUT2D eigenvalue weighted by atomic mass is 10.1. The van der Waals surface area contributed by atoms with Crippen LogP contribution >= 0.6 is 0 Å². The van der Waals surface area contributed by atoms with Crippen molar-refractivity contribution in [2.75, 3.05) is 25.5 Å². The van der Waals surface area contributed by atoms with E-state index >= 15 is 0 Å². The monoisotopic (exact) mass is 274 g/mol. The van der Waals surface area contributed by atoms with Gasteiger partial charge in [-0.25, -0.2) is 17.5 Å². The van der Waals surface area contributed by atoms with Crippen molar-refractivity contribution in [1.29, 1.82) is 0 Å². The van der Waals surface area contributed by atoms with Crippen LogP contribution in [0.2, 0.25) is 0 Å². The zero-order valence-electron chi connectivity index (χ0n) is 9.73. The molecule has 1 fully saturated rings. The van der Waals surface area contributed by atoms with Crippen molar-refractivity contribution >= 4 is 15.7 Å². The van der Waals surface area contributed by atoms with Crippen molar-refractivity contribution in [3.05, 3.63) is 24.0 Å². The second-order valence-electron chi connectivity index (χ2n) is 4.27. The van der Waals surface area contributed by atoms with Gasteiger partial charge >= 0.3 is 0 Å². The summed E-state index contributed by atoms with van der Waals surface area (Å²) in [6.45, 7) is 1.41. The molecule has 0 bridgehead atoms. The summed E-state index contributed by atoms with van der Waals surface area (Å²) in [6, 6.07) is 3.48. The van der Waals surface area contributed by atoms with Crippen LogP contribution < -0.4 is 10.5 Å². The molecule has 2 rings (SSSR count). The Labute approximate surface area is 105 Å². The smallest absolute Gasteiger partial charge is 0.243 e. The van der Waals surface area contributed by atoms with Gasteiger partial charge in [-0.2, -0.15) is 0 Å². The lowest BCUT2D eigenvalue weighted by molar-refractivity contribution is 0.186. The van der Waals surface area contributed by atoms with E-state index in [4.69, 9.17) is 10.5 Å². The number of halogens is 1. The molecule has 0 spiro atoms. The van der Waals surface area contributed by atoms with Crippen molar-refractivity contribution in [3.8, 4) is 0 Å². The number of hydrogen-bond acceptors (Lipinski definition) is 4. The van der Waals surface area contributed by atoms with E-state index < -0.39 is 20.7 Å². The maximum atomic E-state index is 13.5. The maximum absolute atomic E-state index is 13.5. The highest BCUT2D eigenvalue weighted by atomic mass is 32.2. The Hall–Kier alpha value is -1.18. The summed E-state index contributed by atoms with van der Waals surface area (Å²) >= 11 is 0. The zero-order valence-corrected chi connectivity index (χ0v) is 10.5. The van der Waals surface area contributed by atoms with Crippen LogP contribution in [-0.2, 0) is 14.8 Å². The van der Waals surface area contributed by atoms with E-state index in [2.05, 4.69) is 4.72 Å². The van der Waals surface area contributed by atoms with E-state index in [0.29, 0.717) is 13.2 Å². The summed E-state index contributed by atoms with van der Waals surface area (Å²) in [5, 5.41) is 0. The third-order valence-corrected chi connectivity index (χ3v) is 4.27. The molecule has 0 aromatic heterocycles. The van der Waals surface area contributed by atoms with Crippen LogP contribution in [0.5, 0.6) is 0 Å². The summed E-state index contributed by atoms with van der Waals surface area (Å²) in [5.41, 5.74) is 5.67. The largest absolute Gasteiger partial charge is 0.399 e. The molecule has 1 aliphatic rings. The van der Waals surface area contributed by atoms with E-state index in [9.17, 15) is 12.8 Å². The Kier molecular flexibility index (Phi) is 3.84. The average molecular weight is 274 g/mol. The molecule has 7 heteroatoms. The van der Waals surface area contributed by atoms with Crippen molar-refractivity contribution in [2.45, 2.75) is 11.3 Å². The zero-order chi connectivity index (χ0) is 13.2. The molecule has 100 valence electrons. The first kappa shape index (κ1) is 13.3. The van der Waals surface area contributed by atoms with Gasteiger partial charge in [0.05, 0.1) is 6.61 Å². The van der Waals surface area contributed by atoms with Gasteiger partial charge < -0.3 is 10.5 Å². The number of anilines is 1. The minimum Gasteiger partial charge on any atom is -0.399 e. The normalized spacial score (nSPS) is 20.2. The average Bonchev–Trinajstić information content (AvgIpc) is 2.83. The highest BCUT2D eigenvalue weighted by molar-refractivity contribution is 7.89. The number of sulfonamides is 1. The van der Waals surface area contributed by atoms with Crippen LogP contribution in [0.25, 0.3) is 0 Å². The minimum absolute atomic E-state index is 0.142. The molecule has 1 atom stereocenters. The molecular weight excluding hydrogens is 259 g/mol. The number of nitrogens with two attached hydrogens (primary N) is 1. The highest BCUT2D eigenvalue weighted by Gasteiger charge is 2.22. The second-order valence-corrected chi connectivity index (χ2v) is 6.01. The molecule has 1 aromatic carbocycles. The fraction of sp³-hybridized carbons (Fsp3) is 0.455. The van der Waals surface area contributed by atoms with Crippen molar-refractivity contribution < 1.29 is 17.5 Å². The van der Waals surface area contributed by atoms with E-state index in [1.807, 2.05) is 0 Å². The Morgan fingerprint density at radius 3 is 2.94 bits per heavy atom. The quantitative estimate of drug-likeness (QED) is 0.793. The van der Waals surface area contributed by atoms with Gasteiger partial charge in [-0.05, 0) is 30.5 Å². The number of nitrogens with one attached hydrogen (secondary N) is 1. The highest BCUT2D eigenvalue weighted by Crippen LogP contribution is 2.18. The number of ether oxygens (including phenoxy) is 1. The van der Waals surface area contributed by atoms with Crippen LogP contribution in [0.3, 0.4) is 0 Å². The Bertz CT molecular complexity index is 527. The summed E-state index contributed by atoms with van der Waals surface area (Å²) in [7, 11) is -3.86. The minimum atomic E-state index is -3.86. The lowest BCUT2D eigenvalue weighted by Crippen LogP contribution is -2.30. The summed E-state index contributed by atoms with van der Waals surface area (Å²) in [6.07, 6.45) is 0.807. The fourth-order valence-corrected chi connectivity index (χ4v) is 3.00. The van der Waals surface area contributed by atoms with Gasteiger partial charge in [0, 0.05) is 18.8 Å².